The molecule has 0 radical (unpaired) electrons. The SMILES string of the molecule is COc1cccc([C@H]2CC(c3ccc(C)cc3C)=NN2C(=O)CN(C)C(C)C)c1. The van der Waals surface area contributed by atoms with Crippen molar-refractivity contribution in [3.63, 3.8) is 0 Å². The lowest BCUT2D eigenvalue weighted by Gasteiger charge is -2.26. The van der Waals surface area contributed by atoms with Crippen LogP contribution in [0.4, 0.5) is 0 Å². The monoisotopic (exact) mass is 393 g/mol. The highest BCUT2D eigenvalue weighted by Crippen LogP contribution is 2.35. The molecule has 3 rings (SSSR count). The van der Waals surface area contributed by atoms with Crippen LogP contribution >= 0.6 is 0 Å². The minimum atomic E-state index is -0.131. The van der Waals surface area contributed by atoms with Gasteiger partial charge >= 0.3 is 0 Å². The maximum Gasteiger partial charge on any atom is 0.257 e. The summed E-state index contributed by atoms with van der Waals surface area (Å²) in [5, 5.41) is 6.48. The summed E-state index contributed by atoms with van der Waals surface area (Å²) < 4.78 is 5.40. The number of methoxy groups -OCH3 is 1. The first kappa shape index (κ1) is 21.1. The lowest BCUT2D eigenvalue weighted by molar-refractivity contribution is -0.134. The summed E-state index contributed by atoms with van der Waals surface area (Å²) in [6, 6.07) is 14.5. The van der Waals surface area contributed by atoms with Gasteiger partial charge in [-0.1, -0.05) is 35.9 Å². The maximum atomic E-state index is 13.2. The second kappa shape index (κ2) is 8.78. The lowest BCUT2D eigenvalue weighted by atomic mass is 9.95. The molecule has 1 heterocycles. The van der Waals surface area contributed by atoms with Crippen LogP contribution in [0.3, 0.4) is 0 Å². The van der Waals surface area contributed by atoms with E-state index in [4.69, 9.17) is 9.84 Å². The van der Waals surface area contributed by atoms with Gasteiger partial charge in [0.2, 0.25) is 0 Å². The van der Waals surface area contributed by atoms with Gasteiger partial charge in [-0.15, -0.1) is 0 Å². The van der Waals surface area contributed by atoms with E-state index in [0.29, 0.717) is 19.0 Å². The molecule has 1 atom stereocenters. The molecule has 0 saturated heterocycles. The Hall–Kier alpha value is -2.66. The second-order valence-corrected chi connectivity index (χ2v) is 8.11. The molecule has 0 fully saturated rings. The lowest BCUT2D eigenvalue weighted by Crippen LogP contribution is -2.39. The molecule has 29 heavy (non-hydrogen) atoms. The van der Waals surface area contributed by atoms with E-state index in [1.165, 1.54) is 11.1 Å². The van der Waals surface area contributed by atoms with Gasteiger partial charge in [0, 0.05) is 18.0 Å². The van der Waals surface area contributed by atoms with E-state index in [1.807, 2.05) is 36.2 Å². The van der Waals surface area contributed by atoms with Crippen LogP contribution in [-0.2, 0) is 4.79 Å². The van der Waals surface area contributed by atoms with Crippen molar-refractivity contribution in [2.45, 2.75) is 46.2 Å². The van der Waals surface area contributed by atoms with Crippen LogP contribution in [0.15, 0.2) is 47.6 Å². The Balaban J connectivity index is 1.97. The largest absolute Gasteiger partial charge is 0.497 e. The highest BCUT2D eigenvalue weighted by molar-refractivity contribution is 6.04. The fourth-order valence-electron chi connectivity index (χ4n) is 3.62. The van der Waals surface area contributed by atoms with Crippen molar-refractivity contribution in [3.05, 3.63) is 64.7 Å². The average Bonchev–Trinajstić information content (AvgIpc) is 3.13. The van der Waals surface area contributed by atoms with Gasteiger partial charge in [-0.25, -0.2) is 5.01 Å². The summed E-state index contributed by atoms with van der Waals surface area (Å²) >= 11 is 0. The number of hydrazone groups is 1. The number of likely N-dealkylation sites (N-methyl/N-ethyl adjacent to an activating group) is 1. The van der Waals surface area contributed by atoms with Gasteiger partial charge in [0.1, 0.15) is 5.75 Å². The highest BCUT2D eigenvalue weighted by atomic mass is 16.5. The van der Waals surface area contributed by atoms with Crippen LogP contribution < -0.4 is 4.74 Å². The van der Waals surface area contributed by atoms with Crippen molar-refractivity contribution in [2.75, 3.05) is 20.7 Å². The van der Waals surface area contributed by atoms with Crippen LogP contribution in [0.5, 0.6) is 5.75 Å². The summed E-state index contributed by atoms with van der Waals surface area (Å²) in [6.45, 7) is 8.69. The number of benzene rings is 2. The Kier molecular flexibility index (Phi) is 6.38. The Morgan fingerprint density at radius 1 is 1.24 bits per heavy atom. The standard InChI is InChI=1S/C24H31N3O2/c1-16(2)26(5)15-24(28)27-23(19-8-7-9-20(13-19)29-6)14-22(25-27)21-11-10-17(3)12-18(21)4/h7-13,16,23H,14-15H2,1-6H3/t23-/m1/s1. The van der Waals surface area contributed by atoms with Crippen molar-refractivity contribution in [2.24, 2.45) is 5.10 Å². The van der Waals surface area contributed by atoms with Crippen LogP contribution in [0.25, 0.3) is 0 Å². The number of aryl methyl sites for hydroxylation is 2. The van der Waals surface area contributed by atoms with Crippen molar-refractivity contribution in [1.29, 1.82) is 0 Å². The highest BCUT2D eigenvalue weighted by Gasteiger charge is 2.34. The molecular weight excluding hydrogens is 362 g/mol. The van der Waals surface area contributed by atoms with Gasteiger partial charge in [-0.3, -0.25) is 9.69 Å². The van der Waals surface area contributed by atoms with Gasteiger partial charge in [-0.05, 0) is 58.0 Å². The quantitative estimate of drug-likeness (QED) is 0.734. The third-order valence-electron chi connectivity index (χ3n) is 5.60. The number of rotatable bonds is 6. The number of carbonyl (C=O) groups excluding carboxylic acids is 1. The molecule has 1 amide bonds. The van der Waals surface area contributed by atoms with E-state index in [2.05, 4.69) is 45.9 Å². The first-order valence-corrected chi connectivity index (χ1v) is 10.1. The number of hydrogen-bond acceptors (Lipinski definition) is 4. The van der Waals surface area contributed by atoms with E-state index in [-0.39, 0.29) is 11.9 Å². The molecule has 0 spiro atoms. The minimum Gasteiger partial charge on any atom is -0.497 e. The summed E-state index contributed by atoms with van der Waals surface area (Å²) in [6.07, 6.45) is 0.689. The molecule has 0 aromatic heterocycles. The molecule has 1 aliphatic heterocycles. The van der Waals surface area contributed by atoms with E-state index >= 15 is 0 Å². The molecule has 1 aliphatic rings. The zero-order valence-electron chi connectivity index (χ0n) is 18.3. The third kappa shape index (κ3) is 4.67. The minimum absolute atomic E-state index is 0.00813. The molecule has 0 N–H and O–H groups in total. The number of nitrogens with zero attached hydrogens (tertiary/aromatic N) is 3. The van der Waals surface area contributed by atoms with Gasteiger partial charge in [0.15, 0.2) is 0 Å². The zero-order valence-corrected chi connectivity index (χ0v) is 18.3. The second-order valence-electron chi connectivity index (χ2n) is 8.11. The molecule has 5 heteroatoms. The van der Waals surface area contributed by atoms with Crippen molar-refractivity contribution in [3.8, 4) is 5.75 Å². The summed E-state index contributed by atoms with van der Waals surface area (Å²) in [5.74, 6) is 0.794. The molecule has 154 valence electrons. The predicted molar refractivity (Wildman–Crippen MR) is 117 cm³/mol. The predicted octanol–water partition coefficient (Wildman–Crippen LogP) is 4.33. The summed E-state index contributed by atoms with van der Waals surface area (Å²) in [5.41, 5.74) is 5.50. The van der Waals surface area contributed by atoms with Gasteiger partial charge in [-0.2, -0.15) is 5.10 Å². The average molecular weight is 394 g/mol. The third-order valence-corrected chi connectivity index (χ3v) is 5.60. The Bertz CT molecular complexity index is 920. The van der Waals surface area contributed by atoms with E-state index in [0.717, 1.165) is 22.6 Å². The van der Waals surface area contributed by atoms with Gasteiger partial charge in [0.25, 0.3) is 5.91 Å². The molecule has 2 aromatic rings. The molecule has 0 saturated carbocycles. The first-order valence-electron chi connectivity index (χ1n) is 10.1. The first-order chi connectivity index (χ1) is 13.8. The summed E-state index contributed by atoms with van der Waals surface area (Å²) in [4.78, 5) is 15.2. The van der Waals surface area contributed by atoms with Gasteiger partial charge < -0.3 is 4.74 Å². The molecule has 5 nitrogen and oxygen atoms in total. The Labute approximate surface area is 174 Å². The van der Waals surface area contributed by atoms with Gasteiger partial charge in [0.05, 0.1) is 25.4 Å². The van der Waals surface area contributed by atoms with E-state index in [9.17, 15) is 4.79 Å². The van der Waals surface area contributed by atoms with Crippen LogP contribution in [-0.4, -0.2) is 48.3 Å². The molecular formula is C24H31N3O2. The topological polar surface area (TPSA) is 45.1 Å². The van der Waals surface area contributed by atoms with Crippen molar-refractivity contribution < 1.29 is 9.53 Å². The Morgan fingerprint density at radius 3 is 2.66 bits per heavy atom. The number of carbonyl (C=O) groups is 1. The molecule has 0 aliphatic carbocycles. The fourth-order valence-corrected chi connectivity index (χ4v) is 3.62. The smallest absolute Gasteiger partial charge is 0.257 e. The molecule has 0 unspecified atom stereocenters. The van der Waals surface area contributed by atoms with Crippen LogP contribution in [0.1, 0.15) is 48.6 Å². The van der Waals surface area contributed by atoms with E-state index < -0.39 is 0 Å². The zero-order chi connectivity index (χ0) is 21.1. The van der Waals surface area contributed by atoms with E-state index in [1.54, 1.807) is 12.1 Å². The molecule has 2 aromatic carbocycles. The number of amides is 1. The Morgan fingerprint density at radius 2 is 2.00 bits per heavy atom. The number of ether oxygens (including phenoxy) is 1. The summed E-state index contributed by atoms with van der Waals surface area (Å²) in [7, 11) is 3.62. The van der Waals surface area contributed by atoms with Crippen molar-refractivity contribution in [1.82, 2.24) is 9.91 Å². The van der Waals surface area contributed by atoms with Crippen molar-refractivity contribution >= 4 is 11.6 Å². The maximum absolute atomic E-state index is 13.2. The fraction of sp³-hybridized carbons (Fsp3) is 0.417. The number of hydrogen-bond donors (Lipinski definition) is 0. The molecule has 0 bridgehead atoms. The van der Waals surface area contributed by atoms with Crippen LogP contribution in [0.2, 0.25) is 0 Å². The normalized spacial score (nSPS) is 16.5. The van der Waals surface area contributed by atoms with Crippen LogP contribution in [0, 0.1) is 13.8 Å².